The lowest BCUT2D eigenvalue weighted by Gasteiger charge is -2.51. The molecule has 0 bridgehead atoms. The van der Waals surface area contributed by atoms with Crippen LogP contribution in [-0.4, -0.2) is 86.1 Å². The van der Waals surface area contributed by atoms with Gasteiger partial charge in [0.25, 0.3) is 17.4 Å². The fourth-order valence-corrected chi connectivity index (χ4v) is 6.53. The summed E-state index contributed by atoms with van der Waals surface area (Å²) in [5, 5.41) is 18.4. The second-order valence-corrected chi connectivity index (χ2v) is 14.1. The summed E-state index contributed by atoms with van der Waals surface area (Å²) in [5.74, 6) is -3.01. The molecule has 20 heteroatoms. The normalized spacial score (nSPS) is 20.1. The first-order chi connectivity index (χ1) is 22.9. The molecule has 5 rings (SSSR count). The molecule has 264 valence electrons. The summed E-state index contributed by atoms with van der Waals surface area (Å²) >= 11 is 0.966. The van der Waals surface area contributed by atoms with Gasteiger partial charge in [-0.3, -0.25) is 9.59 Å². The van der Waals surface area contributed by atoms with E-state index in [4.69, 9.17) is 21.0 Å². The topological polar surface area (TPSA) is 258 Å². The Morgan fingerprint density at radius 3 is 2.69 bits per heavy atom. The number of carboxylic acids is 1. The molecule has 2 aromatic heterocycles. The Hall–Kier alpha value is -4.63. The van der Waals surface area contributed by atoms with Crippen LogP contribution < -0.4 is 26.2 Å². The van der Waals surface area contributed by atoms with Crippen molar-refractivity contribution in [1.29, 1.82) is 0 Å². The molecule has 3 atom stereocenters. The number of thiazole rings is 1. The molecule has 0 aliphatic carbocycles. The Labute approximate surface area is 285 Å². The number of anilines is 1. The number of ether oxygens (including phenoxy) is 1. The number of nitrogen functional groups attached to an aromatic ring is 1. The maximum absolute atomic E-state index is 13.5. The highest BCUT2D eigenvalue weighted by Gasteiger charge is 2.57. The summed E-state index contributed by atoms with van der Waals surface area (Å²) in [6.45, 7) is 5.31. The van der Waals surface area contributed by atoms with Crippen LogP contribution >= 0.6 is 11.3 Å². The van der Waals surface area contributed by atoms with Crippen molar-refractivity contribution < 1.29 is 51.0 Å². The number of fused-ring (bicyclic) bond motifs is 1. The molecule has 0 radical (unpaired) electrons. The summed E-state index contributed by atoms with van der Waals surface area (Å²) in [6.07, 6.45) is 4.52. The number of hydroxylamine groups is 2. The number of aliphatic carboxylic acids is 1. The number of nitrogens with one attached hydrogen (secondary N) is 1. The first-order valence-electron chi connectivity index (χ1n) is 15.0. The van der Waals surface area contributed by atoms with Gasteiger partial charge in [-0.1, -0.05) is 11.2 Å². The number of aryl methyl sites for hydroxylation is 3. The van der Waals surface area contributed by atoms with Crippen LogP contribution in [0, 0.1) is 0 Å². The second kappa shape index (κ2) is 13.3. The number of carbonyl (C=O) groups excluding carboxylic acids is 2. The van der Waals surface area contributed by atoms with Crippen molar-refractivity contribution in [3.8, 4) is 16.9 Å². The number of carbonyl (C=O) groups is 3. The van der Waals surface area contributed by atoms with Crippen molar-refractivity contribution >= 4 is 50.4 Å². The van der Waals surface area contributed by atoms with Gasteiger partial charge >= 0.3 is 5.97 Å². The Balaban J connectivity index is 1.36. The van der Waals surface area contributed by atoms with Gasteiger partial charge in [-0.05, 0) is 69.8 Å². The van der Waals surface area contributed by atoms with E-state index in [1.807, 2.05) is 36.3 Å². The molecular weight excluding hydrogens is 684 g/mol. The summed E-state index contributed by atoms with van der Waals surface area (Å²) in [4.78, 5) is 48.4. The number of aromatic nitrogens is 3. The van der Waals surface area contributed by atoms with Crippen LogP contribution in [0.1, 0.15) is 44.9 Å². The highest BCUT2D eigenvalue weighted by atomic mass is 32.3. The highest BCUT2D eigenvalue weighted by molar-refractivity contribution is 7.80. The number of hydrogen-bond donors (Lipinski definition) is 4. The minimum Gasteiger partial charge on any atom is -0.724 e. The zero-order valence-corrected chi connectivity index (χ0v) is 28.6. The molecule has 6 N–H and O–H groups in total. The first-order valence-corrected chi connectivity index (χ1v) is 17.2. The van der Waals surface area contributed by atoms with E-state index in [9.17, 15) is 32.5 Å². The molecule has 0 saturated carbocycles. The maximum atomic E-state index is 13.5. The lowest BCUT2D eigenvalue weighted by molar-refractivity contribution is -0.753. The van der Waals surface area contributed by atoms with Crippen molar-refractivity contribution in [2.45, 2.75) is 69.9 Å². The Bertz CT molecular complexity index is 1920. The van der Waals surface area contributed by atoms with Crippen molar-refractivity contribution in [3.05, 3.63) is 47.2 Å². The maximum Gasteiger partial charge on any atom is 0.354 e. The van der Waals surface area contributed by atoms with Gasteiger partial charge in [-0.15, -0.1) is 16.0 Å². The van der Waals surface area contributed by atoms with Crippen molar-refractivity contribution in [2.75, 3.05) is 12.3 Å². The summed E-state index contributed by atoms with van der Waals surface area (Å²) < 4.78 is 47.6. The van der Waals surface area contributed by atoms with Gasteiger partial charge < -0.3 is 36.0 Å². The van der Waals surface area contributed by atoms with Gasteiger partial charge in [0.2, 0.25) is 16.6 Å². The Kier molecular flexibility index (Phi) is 9.72. The Morgan fingerprint density at radius 2 is 2.08 bits per heavy atom. The Morgan fingerprint density at radius 1 is 1.35 bits per heavy atom. The number of β-lactam (4-membered cyclic amide) rings is 1. The van der Waals surface area contributed by atoms with Gasteiger partial charge in [-0.2, -0.15) is 14.0 Å². The molecule has 2 amide bonds. The summed E-state index contributed by atoms with van der Waals surface area (Å²) in [5.41, 5.74) is 10.1. The van der Waals surface area contributed by atoms with Gasteiger partial charge in [0.05, 0.1) is 23.8 Å². The average Bonchev–Trinajstić information content (AvgIpc) is 3.64. The van der Waals surface area contributed by atoms with E-state index in [0.29, 0.717) is 23.8 Å². The zero-order chi connectivity index (χ0) is 35.9. The van der Waals surface area contributed by atoms with E-state index >= 15 is 0 Å². The van der Waals surface area contributed by atoms with E-state index in [-0.39, 0.29) is 17.2 Å². The van der Waals surface area contributed by atoms with E-state index in [2.05, 4.69) is 24.4 Å². The minimum atomic E-state index is -5.27. The fraction of sp³-hybridized carbons (Fsp3) is 0.448. The quantitative estimate of drug-likeness (QED) is 0.0447. The smallest absolute Gasteiger partial charge is 0.354 e. The van der Waals surface area contributed by atoms with Crippen molar-refractivity contribution in [1.82, 2.24) is 20.0 Å². The molecule has 1 fully saturated rings. The van der Waals surface area contributed by atoms with E-state index in [1.165, 1.54) is 26.2 Å². The molecule has 0 spiro atoms. The number of benzene rings is 1. The molecule has 2 aliphatic rings. The highest BCUT2D eigenvalue weighted by Crippen LogP contribution is 2.37. The van der Waals surface area contributed by atoms with Crippen LogP contribution in [0.5, 0.6) is 5.75 Å². The van der Waals surface area contributed by atoms with Gasteiger partial charge in [0.1, 0.15) is 17.5 Å². The third-order valence-corrected chi connectivity index (χ3v) is 9.42. The number of nitrogens with zero attached hydrogens (tertiary/aromatic N) is 5. The number of hydrogen-bond acceptors (Lipinski definition) is 14. The lowest BCUT2D eigenvalue weighted by atomic mass is 9.84. The van der Waals surface area contributed by atoms with Gasteiger partial charge in [-0.25, -0.2) is 18.2 Å². The molecule has 2 aliphatic heterocycles. The zero-order valence-electron chi connectivity index (χ0n) is 27.0. The predicted molar refractivity (Wildman–Crippen MR) is 171 cm³/mol. The fourth-order valence-electron chi connectivity index (χ4n) is 5.53. The molecule has 1 saturated heterocycles. The third-order valence-electron chi connectivity index (χ3n) is 8.41. The molecule has 1 aromatic carbocycles. The van der Waals surface area contributed by atoms with E-state index in [1.54, 1.807) is 6.07 Å². The standard InChI is InChI=1S/C29H36N8O10S2/c1-28(2)23(25(39)37(28)47-49(42,43)44)33-24(38)22(19-15-48-27(31)32-19)34-46-29(3,26(40)41)21-9-7-17-12-16(6-8-20(17)45-21)18-13-35(4)36(14-18)11-5-10-30/h6,8,12-15,21,23H,5,7,9-11,30H2,1-4H3,(H4-,31,32,33,38,40,41,42,43,44)/b34-22-/t21-,23+,29+/m0/s1. The predicted octanol–water partition coefficient (Wildman–Crippen LogP) is -0.178. The summed E-state index contributed by atoms with van der Waals surface area (Å²) in [6, 6.07) is 4.27. The molecule has 0 unspecified atom stereocenters. The number of rotatable bonds is 13. The monoisotopic (exact) mass is 720 g/mol. The second-order valence-electron chi connectivity index (χ2n) is 12.3. The van der Waals surface area contributed by atoms with Gasteiger partial charge in [0, 0.05) is 5.38 Å². The lowest BCUT2D eigenvalue weighted by Crippen LogP contribution is -2.76. The summed E-state index contributed by atoms with van der Waals surface area (Å²) in [7, 11) is -3.33. The first kappa shape index (κ1) is 35.7. The SMILES string of the molecule is C[n+]1cc(-c2ccc3c(c2)CC[C@@H]([C@@](C)(O/N=C(\C(=O)N[C@@H]2C(=O)N(OS(=O)(=O)[O-])C2(C)C)c2csc(N)n2)C(=O)O)O3)cn1CCCN. The number of carboxylic acid groups (broad SMARTS) is 1. The average molecular weight is 721 g/mol. The number of nitrogens with two attached hydrogens (primary N) is 2. The van der Waals surface area contributed by atoms with Crippen LogP contribution in [0.2, 0.25) is 0 Å². The van der Waals surface area contributed by atoms with Crippen molar-refractivity contribution in [2.24, 2.45) is 17.9 Å². The molecule has 3 aromatic rings. The molecule has 18 nitrogen and oxygen atoms in total. The third kappa shape index (κ3) is 7.22. The molecule has 49 heavy (non-hydrogen) atoms. The van der Waals surface area contributed by atoms with Crippen LogP contribution in [-0.2, 0) is 53.9 Å². The molecule has 4 heterocycles. The number of oxime groups is 1. The van der Waals surface area contributed by atoms with Crippen LogP contribution in [0.4, 0.5) is 5.13 Å². The van der Waals surface area contributed by atoms with Crippen LogP contribution in [0.25, 0.3) is 11.1 Å². The largest absolute Gasteiger partial charge is 0.724 e. The van der Waals surface area contributed by atoms with E-state index < -0.39 is 57.2 Å². The van der Waals surface area contributed by atoms with E-state index in [0.717, 1.165) is 41.0 Å². The molecular formula is C29H36N8O10S2. The van der Waals surface area contributed by atoms with Crippen molar-refractivity contribution in [3.63, 3.8) is 0 Å². The van der Waals surface area contributed by atoms with Crippen LogP contribution in [0.3, 0.4) is 0 Å². The van der Waals surface area contributed by atoms with Crippen LogP contribution in [0.15, 0.2) is 41.1 Å². The number of amides is 2. The van der Waals surface area contributed by atoms with Gasteiger partial charge in [0.15, 0.2) is 24.0 Å². The minimum absolute atomic E-state index is 0.0595.